The maximum Gasteiger partial charge on any atom is 0.234 e. The zero-order valence-electron chi connectivity index (χ0n) is 9.07. The minimum Gasteiger partial charge on any atom is -0.368 e. The summed E-state index contributed by atoms with van der Waals surface area (Å²) in [5.74, 6) is 0.0410. The zero-order valence-corrected chi connectivity index (χ0v) is 9.89. The van der Waals surface area contributed by atoms with Gasteiger partial charge < -0.3 is 11.1 Å². The van der Waals surface area contributed by atoms with Gasteiger partial charge in [-0.05, 0) is 25.6 Å². The van der Waals surface area contributed by atoms with Crippen molar-refractivity contribution in [3.63, 3.8) is 0 Å². The Morgan fingerprint density at radius 2 is 2.25 bits per heavy atom. The van der Waals surface area contributed by atoms with Crippen LogP contribution >= 0.6 is 11.8 Å². The largest absolute Gasteiger partial charge is 0.368 e. The number of amides is 1. The van der Waals surface area contributed by atoms with Crippen molar-refractivity contribution in [3.8, 4) is 0 Å². The SMILES string of the molecule is CNC(CCSc1ccccc1F)C(N)=O. The molecule has 1 unspecified atom stereocenters. The van der Waals surface area contributed by atoms with Crippen molar-refractivity contribution < 1.29 is 9.18 Å². The van der Waals surface area contributed by atoms with Crippen molar-refractivity contribution in [2.24, 2.45) is 5.73 Å². The molecule has 88 valence electrons. The van der Waals surface area contributed by atoms with Gasteiger partial charge in [0.15, 0.2) is 0 Å². The number of hydrogen-bond acceptors (Lipinski definition) is 3. The topological polar surface area (TPSA) is 55.1 Å². The second kappa shape index (κ2) is 6.50. The first-order chi connectivity index (χ1) is 7.65. The Labute approximate surface area is 98.6 Å². The Balaban J connectivity index is 2.41. The monoisotopic (exact) mass is 242 g/mol. The fourth-order valence-corrected chi connectivity index (χ4v) is 2.23. The van der Waals surface area contributed by atoms with Crippen LogP contribution in [0.1, 0.15) is 6.42 Å². The van der Waals surface area contributed by atoms with Crippen molar-refractivity contribution in [3.05, 3.63) is 30.1 Å². The van der Waals surface area contributed by atoms with Crippen LogP contribution in [0.2, 0.25) is 0 Å². The van der Waals surface area contributed by atoms with Crippen LogP contribution < -0.4 is 11.1 Å². The summed E-state index contributed by atoms with van der Waals surface area (Å²) in [5, 5.41) is 2.82. The van der Waals surface area contributed by atoms with Crippen LogP contribution in [0, 0.1) is 5.82 Å². The molecule has 0 saturated heterocycles. The van der Waals surface area contributed by atoms with E-state index in [-0.39, 0.29) is 17.8 Å². The molecule has 1 aromatic rings. The van der Waals surface area contributed by atoms with Crippen LogP contribution in [-0.2, 0) is 4.79 Å². The smallest absolute Gasteiger partial charge is 0.234 e. The molecule has 0 radical (unpaired) electrons. The van der Waals surface area contributed by atoms with Crippen molar-refractivity contribution >= 4 is 17.7 Å². The Morgan fingerprint density at radius 1 is 1.56 bits per heavy atom. The van der Waals surface area contributed by atoms with Crippen LogP contribution in [0.3, 0.4) is 0 Å². The van der Waals surface area contributed by atoms with Crippen LogP contribution in [0.15, 0.2) is 29.2 Å². The summed E-state index contributed by atoms with van der Waals surface area (Å²) in [6.07, 6.45) is 0.588. The number of likely N-dealkylation sites (N-methyl/N-ethyl adjacent to an activating group) is 1. The summed E-state index contributed by atoms with van der Waals surface area (Å²) in [6, 6.07) is 6.23. The van der Waals surface area contributed by atoms with Crippen molar-refractivity contribution in [1.29, 1.82) is 0 Å². The van der Waals surface area contributed by atoms with E-state index in [1.54, 1.807) is 25.2 Å². The number of rotatable bonds is 6. The lowest BCUT2D eigenvalue weighted by atomic mass is 10.2. The second-order valence-electron chi connectivity index (χ2n) is 3.31. The van der Waals surface area contributed by atoms with Gasteiger partial charge in [-0.15, -0.1) is 11.8 Å². The van der Waals surface area contributed by atoms with Gasteiger partial charge in [0.25, 0.3) is 0 Å². The highest BCUT2D eigenvalue weighted by Gasteiger charge is 2.12. The number of carbonyl (C=O) groups excluding carboxylic acids is 1. The van der Waals surface area contributed by atoms with Crippen molar-refractivity contribution in [1.82, 2.24) is 5.32 Å². The predicted octanol–water partition coefficient (Wildman–Crippen LogP) is 1.38. The van der Waals surface area contributed by atoms with E-state index in [0.29, 0.717) is 17.1 Å². The molecular formula is C11H15FN2OS. The first-order valence-corrected chi connectivity index (χ1v) is 5.97. The first-order valence-electron chi connectivity index (χ1n) is 4.99. The van der Waals surface area contributed by atoms with Crippen LogP contribution in [0.25, 0.3) is 0 Å². The van der Waals surface area contributed by atoms with E-state index >= 15 is 0 Å². The van der Waals surface area contributed by atoms with E-state index in [4.69, 9.17) is 5.73 Å². The molecule has 0 fully saturated rings. The lowest BCUT2D eigenvalue weighted by molar-refractivity contribution is -0.119. The lowest BCUT2D eigenvalue weighted by Crippen LogP contribution is -2.39. The van der Waals surface area contributed by atoms with Crippen LogP contribution in [-0.4, -0.2) is 24.7 Å². The van der Waals surface area contributed by atoms with Gasteiger partial charge in [-0.2, -0.15) is 0 Å². The molecule has 1 rings (SSSR count). The third-order valence-electron chi connectivity index (χ3n) is 2.19. The molecular weight excluding hydrogens is 227 g/mol. The minimum atomic E-state index is -0.378. The molecule has 0 saturated carbocycles. The van der Waals surface area contributed by atoms with Gasteiger partial charge in [-0.25, -0.2) is 4.39 Å². The molecule has 5 heteroatoms. The van der Waals surface area contributed by atoms with Gasteiger partial charge in [0, 0.05) is 10.6 Å². The van der Waals surface area contributed by atoms with Crippen LogP contribution in [0.4, 0.5) is 4.39 Å². The number of hydrogen-bond donors (Lipinski definition) is 2. The highest BCUT2D eigenvalue weighted by molar-refractivity contribution is 7.99. The van der Waals surface area contributed by atoms with E-state index in [0.717, 1.165) is 0 Å². The molecule has 1 amide bonds. The standard InChI is InChI=1S/C11H15FN2OS/c1-14-9(11(13)15)6-7-16-10-5-3-2-4-8(10)12/h2-5,9,14H,6-7H2,1H3,(H2,13,15). The number of halogens is 1. The molecule has 0 heterocycles. The van der Waals surface area contributed by atoms with E-state index in [1.807, 2.05) is 0 Å². The second-order valence-corrected chi connectivity index (χ2v) is 4.45. The molecule has 16 heavy (non-hydrogen) atoms. The van der Waals surface area contributed by atoms with Gasteiger partial charge in [-0.3, -0.25) is 4.79 Å². The first kappa shape index (κ1) is 13.0. The maximum absolute atomic E-state index is 13.2. The average Bonchev–Trinajstić information content (AvgIpc) is 2.26. The summed E-state index contributed by atoms with van der Waals surface area (Å²) in [4.78, 5) is 11.5. The molecule has 1 aromatic carbocycles. The molecule has 0 aliphatic heterocycles. The number of nitrogens with one attached hydrogen (secondary N) is 1. The Hall–Kier alpha value is -1.07. The quantitative estimate of drug-likeness (QED) is 0.741. The number of benzene rings is 1. The number of thioether (sulfide) groups is 1. The van der Waals surface area contributed by atoms with Gasteiger partial charge in [0.1, 0.15) is 5.82 Å². The number of carbonyl (C=O) groups is 1. The molecule has 1 atom stereocenters. The van der Waals surface area contributed by atoms with Gasteiger partial charge in [0.2, 0.25) is 5.91 Å². The average molecular weight is 242 g/mol. The molecule has 0 bridgehead atoms. The summed E-state index contributed by atoms with van der Waals surface area (Å²) < 4.78 is 13.2. The van der Waals surface area contributed by atoms with E-state index < -0.39 is 0 Å². The fraction of sp³-hybridized carbons (Fsp3) is 0.364. The summed E-state index contributed by atoms with van der Waals surface area (Å²) >= 11 is 1.39. The summed E-state index contributed by atoms with van der Waals surface area (Å²) in [6.45, 7) is 0. The summed E-state index contributed by atoms with van der Waals surface area (Å²) in [7, 11) is 1.68. The Bertz CT molecular complexity index is 360. The third kappa shape index (κ3) is 3.83. The third-order valence-corrected chi connectivity index (χ3v) is 3.27. The normalized spacial score (nSPS) is 12.4. The molecule has 3 N–H and O–H groups in total. The van der Waals surface area contributed by atoms with Gasteiger partial charge >= 0.3 is 0 Å². The lowest BCUT2D eigenvalue weighted by Gasteiger charge is -2.11. The molecule has 0 aromatic heterocycles. The molecule has 0 aliphatic rings. The highest BCUT2D eigenvalue weighted by atomic mass is 32.2. The maximum atomic E-state index is 13.2. The Kier molecular flexibility index (Phi) is 5.28. The van der Waals surface area contributed by atoms with Crippen LogP contribution in [0.5, 0.6) is 0 Å². The molecule has 0 spiro atoms. The highest BCUT2D eigenvalue weighted by Crippen LogP contribution is 2.22. The van der Waals surface area contributed by atoms with E-state index in [9.17, 15) is 9.18 Å². The number of primary amides is 1. The zero-order chi connectivity index (χ0) is 12.0. The molecule has 3 nitrogen and oxygen atoms in total. The number of nitrogens with two attached hydrogens (primary N) is 1. The van der Waals surface area contributed by atoms with Crippen molar-refractivity contribution in [2.45, 2.75) is 17.4 Å². The van der Waals surface area contributed by atoms with Gasteiger partial charge in [0.05, 0.1) is 6.04 Å². The summed E-state index contributed by atoms with van der Waals surface area (Å²) in [5.41, 5.74) is 5.17. The molecule has 0 aliphatic carbocycles. The minimum absolute atomic E-state index is 0.229. The van der Waals surface area contributed by atoms with E-state index in [2.05, 4.69) is 5.32 Å². The van der Waals surface area contributed by atoms with E-state index in [1.165, 1.54) is 17.8 Å². The van der Waals surface area contributed by atoms with Gasteiger partial charge in [-0.1, -0.05) is 12.1 Å². The van der Waals surface area contributed by atoms with Crippen molar-refractivity contribution in [2.75, 3.05) is 12.8 Å². The predicted molar refractivity (Wildman–Crippen MR) is 63.8 cm³/mol. The fourth-order valence-electron chi connectivity index (χ4n) is 1.28. The Morgan fingerprint density at radius 3 is 2.81 bits per heavy atom.